The lowest BCUT2D eigenvalue weighted by Gasteiger charge is -2.22. The number of ether oxygens (including phenoxy) is 1. The molecule has 0 radical (unpaired) electrons. The van der Waals surface area contributed by atoms with Gasteiger partial charge in [0.15, 0.2) is 0 Å². The van der Waals surface area contributed by atoms with Crippen LogP contribution in [0.5, 0.6) is 0 Å². The van der Waals surface area contributed by atoms with Gasteiger partial charge in [0.05, 0.1) is 5.52 Å². The average molecular weight is 325 g/mol. The first-order valence-electron chi connectivity index (χ1n) is 8.92. The molecule has 0 spiro atoms. The van der Waals surface area contributed by atoms with Gasteiger partial charge in [0.2, 0.25) is 0 Å². The van der Waals surface area contributed by atoms with Crippen LogP contribution in [0.4, 0.5) is 0 Å². The summed E-state index contributed by atoms with van der Waals surface area (Å²) in [6.45, 7) is 9.14. The maximum atomic E-state index is 5.48. The van der Waals surface area contributed by atoms with Crippen molar-refractivity contribution < 1.29 is 4.74 Å². The number of nitrogens with zero attached hydrogens (tertiary/aromatic N) is 3. The fourth-order valence-corrected chi connectivity index (χ4v) is 3.16. The van der Waals surface area contributed by atoms with E-state index in [1.807, 2.05) is 12.4 Å². The third-order valence-corrected chi connectivity index (χ3v) is 4.57. The molecule has 3 heterocycles. The number of pyridine rings is 1. The summed E-state index contributed by atoms with van der Waals surface area (Å²) in [7, 11) is 0. The monoisotopic (exact) mass is 325 g/mol. The van der Waals surface area contributed by atoms with Crippen molar-refractivity contribution in [3.8, 4) is 0 Å². The van der Waals surface area contributed by atoms with Crippen LogP contribution < -0.4 is 0 Å². The highest BCUT2D eigenvalue weighted by Gasteiger charge is 2.18. The van der Waals surface area contributed by atoms with Crippen molar-refractivity contribution >= 4 is 16.5 Å². The molecule has 0 bridgehead atoms. The van der Waals surface area contributed by atoms with E-state index < -0.39 is 0 Å². The van der Waals surface area contributed by atoms with Crippen LogP contribution in [0.2, 0.25) is 0 Å². The molecule has 4 nitrogen and oxygen atoms in total. The maximum Gasteiger partial charge on any atom is 0.101 e. The van der Waals surface area contributed by atoms with Crippen molar-refractivity contribution in [1.82, 2.24) is 14.8 Å². The second-order valence-electron chi connectivity index (χ2n) is 6.83. The standard InChI is InChI=1S/C20H27N3O/c1-4-17(6-5-15(2)3)20-18-13-21-10-7-19(18)23(22-20)14-16-8-11-24-12-9-16/h4-7,10,13,15-16H,8-9,11-12,14H2,1-3H3/b6-5-,17-4+. The quantitative estimate of drug-likeness (QED) is 0.761. The molecule has 0 N–H and O–H groups in total. The van der Waals surface area contributed by atoms with Gasteiger partial charge in [0.25, 0.3) is 0 Å². The number of rotatable bonds is 5. The summed E-state index contributed by atoms with van der Waals surface area (Å²) in [6.07, 6.45) is 12.6. The summed E-state index contributed by atoms with van der Waals surface area (Å²) in [5, 5.41) is 6.08. The van der Waals surface area contributed by atoms with Crippen molar-refractivity contribution in [2.24, 2.45) is 11.8 Å². The lowest BCUT2D eigenvalue weighted by atomic mass is 10.0. The van der Waals surface area contributed by atoms with E-state index in [1.54, 1.807) is 0 Å². The highest BCUT2D eigenvalue weighted by molar-refractivity contribution is 5.92. The van der Waals surface area contributed by atoms with Gasteiger partial charge >= 0.3 is 0 Å². The number of fused-ring (bicyclic) bond motifs is 1. The lowest BCUT2D eigenvalue weighted by molar-refractivity contribution is 0.0605. The molecule has 0 amide bonds. The average Bonchev–Trinajstić information content (AvgIpc) is 2.95. The van der Waals surface area contributed by atoms with Crippen LogP contribution >= 0.6 is 0 Å². The van der Waals surface area contributed by atoms with Gasteiger partial charge in [-0.25, -0.2) is 0 Å². The zero-order valence-corrected chi connectivity index (χ0v) is 14.9. The van der Waals surface area contributed by atoms with E-state index in [4.69, 9.17) is 9.84 Å². The summed E-state index contributed by atoms with van der Waals surface area (Å²) in [5.74, 6) is 1.16. The Morgan fingerprint density at radius 2 is 2.17 bits per heavy atom. The molecule has 0 aromatic carbocycles. The molecular weight excluding hydrogens is 298 g/mol. The smallest absolute Gasteiger partial charge is 0.101 e. The molecule has 0 atom stereocenters. The number of hydrogen-bond donors (Lipinski definition) is 0. The van der Waals surface area contributed by atoms with Gasteiger partial charge in [-0.05, 0) is 43.2 Å². The van der Waals surface area contributed by atoms with Gasteiger partial charge in [-0.15, -0.1) is 0 Å². The van der Waals surface area contributed by atoms with Crippen LogP contribution in [-0.2, 0) is 11.3 Å². The molecule has 4 heteroatoms. The van der Waals surface area contributed by atoms with Gasteiger partial charge in [-0.1, -0.05) is 32.1 Å². The summed E-state index contributed by atoms with van der Waals surface area (Å²) >= 11 is 0. The Morgan fingerprint density at radius 3 is 2.88 bits per heavy atom. The Hall–Kier alpha value is -1.94. The maximum absolute atomic E-state index is 5.48. The lowest BCUT2D eigenvalue weighted by Crippen LogP contribution is -2.20. The normalized spacial score (nSPS) is 17.4. The van der Waals surface area contributed by atoms with E-state index in [9.17, 15) is 0 Å². The fraction of sp³-hybridized carbons (Fsp3) is 0.500. The summed E-state index contributed by atoms with van der Waals surface area (Å²) in [5.41, 5.74) is 3.36. The van der Waals surface area contributed by atoms with Crippen molar-refractivity contribution in [3.05, 3.63) is 42.4 Å². The SMILES string of the molecule is C/C=C(\C=C/C(C)C)c1nn(CC2CCOCC2)c2ccncc12. The number of hydrogen-bond acceptors (Lipinski definition) is 3. The van der Waals surface area contributed by atoms with Crippen molar-refractivity contribution in [2.75, 3.05) is 13.2 Å². The van der Waals surface area contributed by atoms with Crippen molar-refractivity contribution in [2.45, 2.75) is 40.2 Å². The largest absolute Gasteiger partial charge is 0.381 e. The molecule has 0 aliphatic carbocycles. The highest BCUT2D eigenvalue weighted by atomic mass is 16.5. The second-order valence-corrected chi connectivity index (χ2v) is 6.83. The first-order valence-corrected chi connectivity index (χ1v) is 8.92. The van der Waals surface area contributed by atoms with Crippen LogP contribution in [0.1, 0.15) is 39.3 Å². The predicted octanol–water partition coefficient (Wildman–Crippen LogP) is 4.47. The molecule has 128 valence electrons. The van der Waals surface area contributed by atoms with Gasteiger partial charge in [0, 0.05) is 37.5 Å². The molecular formula is C20H27N3O. The predicted molar refractivity (Wildman–Crippen MR) is 98.7 cm³/mol. The molecule has 2 aromatic rings. The van der Waals surface area contributed by atoms with E-state index in [1.165, 1.54) is 5.52 Å². The molecule has 1 saturated heterocycles. The van der Waals surface area contributed by atoms with E-state index in [-0.39, 0.29) is 0 Å². The summed E-state index contributed by atoms with van der Waals surface area (Å²) < 4.78 is 7.64. The third kappa shape index (κ3) is 3.75. The van der Waals surface area contributed by atoms with Gasteiger partial charge in [-0.3, -0.25) is 9.67 Å². The third-order valence-electron chi connectivity index (χ3n) is 4.57. The van der Waals surface area contributed by atoms with Gasteiger partial charge in [-0.2, -0.15) is 5.10 Å². The van der Waals surface area contributed by atoms with Crippen LogP contribution in [0.25, 0.3) is 16.5 Å². The van der Waals surface area contributed by atoms with Crippen LogP contribution in [-0.4, -0.2) is 28.0 Å². The minimum Gasteiger partial charge on any atom is -0.381 e. The van der Waals surface area contributed by atoms with E-state index in [0.717, 1.165) is 49.3 Å². The first kappa shape index (κ1) is 16.9. The molecule has 3 rings (SSSR count). The molecule has 1 fully saturated rings. The Morgan fingerprint density at radius 1 is 1.38 bits per heavy atom. The van der Waals surface area contributed by atoms with Crippen molar-refractivity contribution in [3.63, 3.8) is 0 Å². The zero-order chi connectivity index (χ0) is 16.9. The van der Waals surface area contributed by atoms with Gasteiger partial charge < -0.3 is 4.74 Å². The van der Waals surface area contributed by atoms with E-state index in [2.05, 4.69) is 54.7 Å². The molecule has 1 aliphatic rings. The first-order chi connectivity index (χ1) is 11.7. The Kier molecular flexibility index (Phi) is 5.46. The van der Waals surface area contributed by atoms with Gasteiger partial charge in [0.1, 0.15) is 5.69 Å². The Bertz CT molecular complexity index is 736. The Labute approximate surface area is 144 Å². The summed E-state index contributed by atoms with van der Waals surface area (Å²) in [6, 6.07) is 2.07. The molecule has 1 aliphatic heterocycles. The van der Waals surface area contributed by atoms with E-state index >= 15 is 0 Å². The fourth-order valence-electron chi connectivity index (χ4n) is 3.16. The van der Waals surface area contributed by atoms with Crippen LogP contribution in [0.15, 0.2) is 36.7 Å². The highest BCUT2D eigenvalue weighted by Crippen LogP contribution is 2.27. The second kappa shape index (κ2) is 7.75. The van der Waals surface area contributed by atoms with Crippen LogP contribution in [0.3, 0.4) is 0 Å². The summed E-state index contributed by atoms with van der Waals surface area (Å²) in [4.78, 5) is 4.32. The molecule has 0 unspecified atom stereocenters. The molecule has 2 aromatic heterocycles. The topological polar surface area (TPSA) is 39.9 Å². The number of aromatic nitrogens is 3. The van der Waals surface area contributed by atoms with E-state index in [0.29, 0.717) is 11.8 Å². The minimum atomic E-state index is 0.522. The van der Waals surface area contributed by atoms with Crippen LogP contribution in [0, 0.1) is 11.8 Å². The zero-order valence-electron chi connectivity index (χ0n) is 14.9. The molecule has 0 saturated carbocycles. The molecule has 24 heavy (non-hydrogen) atoms. The number of allylic oxidation sites excluding steroid dienone is 4. The minimum absolute atomic E-state index is 0.522. The van der Waals surface area contributed by atoms with Crippen molar-refractivity contribution in [1.29, 1.82) is 0 Å². The Balaban J connectivity index is 1.96.